The van der Waals surface area contributed by atoms with Crippen LogP contribution in [0.25, 0.3) is 0 Å². The monoisotopic (exact) mass is 329 g/mol. The minimum Gasteiger partial charge on any atom is -0.398 e. The number of anilines is 2. The standard InChI is InChI=1S/C13H20BrN3O2/c1-8(2)17(4-5-19-3)12-6-9(13(16)18)11(15)7-10(12)14/h6-8H,4-5,15H2,1-3H3,(H2,16,18). The lowest BCUT2D eigenvalue weighted by Crippen LogP contribution is -2.34. The third-order valence-corrected chi connectivity index (χ3v) is 3.49. The van der Waals surface area contributed by atoms with Crippen LogP contribution in [0.15, 0.2) is 16.6 Å². The van der Waals surface area contributed by atoms with Gasteiger partial charge in [0.15, 0.2) is 0 Å². The van der Waals surface area contributed by atoms with Gasteiger partial charge in [-0.2, -0.15) is 0 Å². The fraction of sp³-hybridized carbons (Fsp3) is 0.462. The normalized spacial score (nSPS) is 10.8. The topological polar surface area (TPSA) is 81.6 Å². The molecular formula is C13H20BrN3O2. The van der Waals surface area contributed by atoms with Crippen molar-refractivity contribution in [2.75, 3.05) is 30.9 Å². The molecule has 0 fully saturated rings. The molecule has 0 bridgehead atoms. The highest BCUT2D eigenvalue weighted by Gasteiger charge is 2.17. The zero-order valence-electron chi connectivity index (χ0n) is 11.4. The van der Waals surface area contributed by atoms with Crippen LogP contribution in [-0.4, -0.2) is 32.2 Å². The summed E-state index contributed by atoms with van der Waals surface area (Å²) in [5.74, 6) is -0.526. The first-order valence-corrected chi connectivity index (χ1v) is 6.82. The largest absolute Gasteiger partial charge is 0.398 e. The van der Waals surface area contributed by atoms with E-state index in [9.17, 15) is 4.79 Å². The molecule has 0 aliphatic rings. The molecule has 5 nitrogen and oxygen atoms in total. The fourth-order valence-electron chi connectivity index (χ4n) is 1.86. The van der Waals surface area contributed by atoms with E-state index in [1.54, 1.807) is 19.2 Å². The van der Waals surface area contributed by atoms with Crippen LogP contribution in [0.5, 0.6) is 0 Å². The third kappa shape index (κ3) is 3.84. The maximum Gasteiger partial charge on any atom is 0.250 e. The number of nitrogen functional groups attached to an aromatic ring is 1. The molecule has 1 aromatic rings. The van der Waals surface area contributed by atoms with E-state index in [2.05, 4.69) is 34.7 Å². The second kappa shape index (κ2) is 6.77. The molecule has 4 N–H and O–H groups in total. The summed E-state index contributed by atoms with van der Waals surface area (Å²) in [6, 6.07) is 3.69. The van der Waals surface area contributed by atoms with E-state index in [4.69, 9.17) is 16.2 Å². The second-order valence-electron chi connectivity index (χ2n) is 4.54. The molecule has 1 aromatic carbocycles. The van der Waals surface area contributed by atoms with Crippen molar-refractivity contribution in [3.8, 4) is 0 Å². The van der Waals surface area contributed by atoms with E-state index in [1.165, 1.54) is 0 Å². The Bertz CT molecular complexity index is 463. The van der Waals surface area contributed by atoms with Crippen LogP contribution in [-0.2, 0) is 4.74 Å². The summed E-state index contributed by atoms with van der Waals surface area (Å²) in [5.41, 5.74) is 12.7. The molecule has 19 heavy (non-hydrogen) atoms. The maximum atomic E-state index is 11.4. The lowest BCUT2D eigenvalue weighted by atomic mass is 10.1. The van der Waals surface area contributed by atoms with Crippen molar-refractivity contribution in [3.63, 3.8) is 0 Å². The smallest absolute Gasteiger partial charge is 0.250 e. The van der Waals surface area contributed by atoms with Crippen molar-refractivity contribution in [1.29, 1.82) is 0 Å². The van der Waals surface area contributed by atoms with Gasteiger partial charge in [-0.25, -0.2) is 0 Å². The highest BCUT2D eigenvalue weighted by atomic mass is 79.9. The average molecular weight is 330 g/mol. The van der Waals surface area contributed by atoms with Crippen LogP contribution in [0.3, 0.4) is 0 Å². The van der Waals surface area contributed by atoms with Crippen molar-refractivity contribution < 1.29 is 9.53 Å². The van der Waals surface area contributed by atoms with Crippen LogP contribution in [0, 0.1) is 0 Å². The Balaban J connectivity index is 3.22. The lowest BCUT2D eigenvalue weighted by Gasteiger charge is -2.30. The Morgan fingerprint density at radius 1 is 1.47 bits per heavy atom. The number of carbonyl (C=O) groups excluding carboxylic acids is 1. The molecule has 0 aromatic heterocycles. The van der Waals surface area contributed by atoms with Gasteiger partial charge < -0.3 is 21.1 Å². The SMILES string of the molecule is COCCN(c1cc(C(N)=O)c(N)cc1Br)C(C)C. The number of nitrogens with zero attached hydrogens (tertiary/aromatic N) is 1. The first kappa shape index (κ1) is 15.8. The number of halogens is 1. The van der Waals surface area contributed by atoms with Gasteiger partial charge in [0.1, 0.15) is 0 Å². The molecule has 0 radical (unpaired) electrons. The molecule has 0 unspecified atom stereocenters. The Kier molecular flexibility index (Phi) is 5.62. The number of hydrogen-bond donors (Lipinski definition) is 2. The van der Waals surface area contributed by atoms with Crippen molar-refractivity contribution in [3.05, 3.63) is 22.2 Å². The minimum atomic E-state index is -0.526. The third-order valence-electron chi connectivity index (χ3n) is 2.85. The van der Waals surface area contributed by atoms with Gasteiger partial charge >= 0.3 is 0 Å². The van der Waals surface area contributed by atoms with E-state index >= 15 is 0 Å². The number of rotatable bonds is 6. The zero-order chi connectivity index (χ0) is 14.6. The second-order valence-corrected chi connectivity index (χ2v) is 5.39. The summed E-state index contributed by atoms with van der Waals surface area (Å²) in [4.78, 5) is 13.5. The molecule has 0 saturated carbocycles. The first-order valence-electron chi connectivity index (χ1n) is 6.02. The Labute approximate surface area is 122 Å². The van der Waals surface area contributed by atoms with Crippen LogP contribution in [0.1, 0.15) is 24.2 Å². The highest BCUT2D eigenvalue weighted by molar-refractivity contribution is 9.10. The number of methoxy groups -OCH3 is 1. The molecule has 1 amide bonds. The Hall–Kier alpha value is -1.27. The molecule has 6 heteroatoms. The molecule has 0 heterocycles. The van der Waals surface area contributed by atoms with Gasteiger partial charge in [-0.3, -0.25) is 4.79 Å². The fourth-order valence-corrected chi connectivity index (χ4v) is 2.45. The van der Waals surface area contributed by atoms with Crippen molar-refractivity contribution >= 4 is 33.2 Å². The number of ether oxygens (including phenoxy) is 1. The van der Waals surface area contributed by atoms with Crippen LogP contribution >= 0.6 is 15.9 Å². The van der Waals surface area contributed by atoms with Gasteiger partial charge in [-0.05, 0) is 41.9 Å². The van der Waals surface area contributed by atoms with Crippen LogP contribution < -0.4 is 16.4 Å². The maximum absolute atomic E-state index is 11.4. The zero-order valence-corrected chi connectivity index (χ0v) is 13.0. The summed E-state index contributed by atoms with van der Waals surface area (Å²) in [6.07, 6.45) is 0. The number of primary amides is 1. The van der Waals surface area contributed by atoms with Crippen molar-refractivity contribution in [2.45, 2.75) is 19.9 Å². The van der Waals surface area contributed by atoms with Crippen molar-refractivity contribution in [1.82, 2.24) is 0 Å². The summed E-state index contributed by atoms with van der Waals surface area (Å²) < 4.78 is 5.95. The lowest BCUT2D eigenvalue weighted by molar-refractivity contribution is 0.100. The van der Waals surface area contributed by atoms with Crippen LogP contribution in [0.2, 0.25) is 0 Å². The van der Waals surface area contributed by atoms with Gasteiger partial charge in [-0.15, -0.1) is 0 Å². The molecular weight excluding hydrogens is 310 g/mol. The van der Waals surface area contributed by atoms with E-state index in [1.807, 2.05) is 0 Å². The summed E-state index contributed by atoms with van der Waals surface area (Å²) in [6.45, 7) is 5.46. The molecule has 1 rings (SSSR count). The van der Waals surface area contributed by atoms with Gasteiger partial charge in [0, 0.05) is 29.9 Å². The van der Waals surface area contributed by atoms with Crippen molar-refractivity contribution in [2.24, 2.45) is 5.73 Å². The first-order chi connectivity index (χ1) is 8.88. The van der Waals surface area contributed by atoms with E-state index in [0.29, 0.717) is 17.9 Å². The molecule has 0 atom stereocenters. The summed E-state index contributed by atoms with van der Waals surface area (Å²) in [7, 11) is 1.66. The highest BCUT2D eigenvalue weighted by Crippen LogP contribution is 2.32. The van der Waals surface area contributed by atoms with Crippen LogP contribution in [0.4, 0.5) is 11.4 Å². The predicted octanol–water partition coefficient (Wildman–Crippen LogP) is 1.99. The summed E-state index contributed by atoms with van der Waals surface area (Å²) >= 11 is 3.48. The minimum absolute atomic E-state index is 0.260. The van der Waals surface area contributed by atoms with E-state index in [0.717, 1.165) is 16.7 Å². The molecule has 0 saturated heterocycles. The number of benzene rings is 1. The number of amides is 1. The Morgan fingerprint density at radius 3 is 2.58 bits per heavy atom. The molecule has 106 valence electrons. The van der Waals surface area contributed by atoms with Gasteiger partial charge in [0.2, 0.25) is 0 Å². The quantitative estimate of drug-likeness (QED) is 0.782. The van der Waals surface area contributed by atoms with Gasteiger partial charge in [-0.1, -0.05) is 0 Å². The molecule has 0 spiro atoms. The van der Waals surface area contributed by atoms with E-state index in [-0.39, 0.29) is 6.04 Å². The number of nitrogens with two attached hydrogens (primary N) is 2. The summed E-state index contributed by atoms with van der Waals surface area (Å²) in [5, 5.41) is 0. The predicted molar refractivity (Wildman–Crippen MR) is 81.4 cm³/mol. The van der Waals surface area contributed by atoms with Gasteiger partial charge in [0.05, 0.1) is 17.9 Å². The van der Waals surface area contributed by atoms with Gasteiger partial charge in [0.25, 0.3) is 5.91 Å². The average Bonchev–Trinajstić information content (AvgIpc) is 2.30. The molecule has 0 aliphatic heterocycles. The number of hydrogen-bond acceptors (Lipinski definition) is 4. The number of carbonyl (C=O) groups is 1. The van der Waals surface area contributed by atoms with E-state index < -0.39 is 5.91 Å². The molecule has 0 aliphatic carbocycles. The Morgan fingerprint density at radius 2 is 2.11 bits per heavy atom.